The summed E-state index contributed by atoms with van der Waals surface area (Å²) in [5.74, 6) is -1.69. The molecule has 1 aromatic heterocycles. The normalized spacial score (nSPS) is 11.8. The number of carboxylic acid groups (broad SMARTS) is 1. The third-order valence-corrected chi connectivity index (χ3v) is 3.69. The summed E-state index contributed by atoms with van der Waals surface area (Å²) in [6, 6.07) is 3.82. The number of carboxylic acids is 1. The Kier molecular flexibility index (Phi) is 4.79. The molecule has 0 saturated heterocycles. The average Bonchev–Trinajstić information content (AvgIpc) is 2.47. The summed E-state index contributed by atoms with van der Waals surface area (Å²) >= 11 is 2.73. The molecule has 4 nitrogen and oxygen atoms in total. The number of nitrogens with zero attached hydrogens (tertiary/aromatic N) is 1. The summed E-state index contributed by atoms with van der Waals surface area (Å²) in [4.78, 5) is 23.3. The fourth-order valence-electron chi connectivity index (χ4n) is 2.03. The molecule has 0 aliphatic heterocycles. The van der Waals surface area contributed by atoms with Crippen molar-refractivity contribution in [2.24, 2.45) is 0 Å². The van der Waals surface area contributed by atoms with Crippen molar-refractivity contribution in [3.05, 3.63) is 62.0 Å². The van der Waals surface area contributed by atoms with E-state index in [0.29, 0.717) is 18.2 Å². The molecule has 0 aliphatic carbocycles. The molecule has 24 heavy (non-hydrogen) atoms. The lowest BCUT2D eigenvalue weighted by atomic mass is 10.1. The minimum Gasteiger partial charge on any atom is -0.477 e. The first-order chi connectivity index (χ1) is 11.0. The Morgan fingerprint density at radius 1 is 1.21 bits per heavy atom. The molecule has 2 aromatic rings. The second-order valence-electron chi connectivity index (χ2n) is 4.59. The van der Waals surface area contributed by atoms with E-state index in [1.807, 2.05) is 0 Å². The second-order valence-corrected chi connectivity index (χ2v) is 5.44. The molecule has 0 aliphatic rings. The van der Waals surface area contributed by atoms with E-state index in [-0.39, 0.29) is 4.57 Å². The first-order valence-electron chi connectivity index (χ1n) is 6.18. The monoisotopic (exact) mass is 411 g/mol. The van der Waals surface area contributed by atoms with Gasteiger partial charge >= 0.3 is 12.1 Å². The first-order valence-corrected chi connectivity index (χ1v) is 6.98. The van der Waals surface area contributed by atoms with Crippen molar-refractivity contribution in [3.63, 3.8) is 0 Å². The third kappa shape index (κ3) is 3.32. The van der Waals surface area contributed by atoms with Gasteiger partial charge in [0.1, 0.15) is 11.3 Å². The van der Waals surface area contributed by atoms with Gasteiger partial charge in [0.25, 0.3) is 12.0 Å². The van der Waals surface area contributed by atoms with Crippen LogP contribution in [0.5, 0.6) is 0 Å². The Morgan fingerprint density at radius 3 is 2.33 bits per heavy atom. The molecule has 0 fully saturated rings. The van der Waals surface area contributed by atoms with Gasteiger partial charge in [0.2, 0.25) is 0 Å². The zero-order valence-corrected chi connectivity index (χ0v) is 13.0. The lowest BCUT2D eigenvalue weighted by molar-refractivity contribution is -0.137. The van der Waals surface area contributed by atoms with Crippen LogP contribution in [0.1, 0.15) is 28.0 Å². The smallest absolute Gasteiger partial charge is 0.416 e. The molecule has 0 radical (unpaired) electrons. The van der Waals surface area contributed by atoms with Crippen molar-refractivity contribution in [1.82, 2.24) is 4.57 Å². The topological polar surface area (TPSA) is 59.3 Å². The molecule has 0 bridgehead atoms. The standard InChI is InChI=1S/C14H7BrF5NO3/c15-9-5-8(13(23)24)12(22)21(10(9)11(16)17)7-3-1-2-6(4-7)14(18,19)20/h1-5,11H,(H,23,24). The van der Waals surface area contributed by atoms with Gasteiger partial charge in [-0.05, 0) is 40.2 Å². The second kappa shape index (κ2) is 6.34. The summed E-state index contributed by atoms with van der Waals surface area (Å²) in [6.07, 6.45) is -7.99. The number of rotatable bonds is 3. The number of benzene rings is 1. The van der Waals surface area contributed by atoms with E-state index in [4.69, 9.17) is 5.11 Å². The molecule has 0 spiro atoms. The van der Waals surface area contributed by atoms with E-state index in [9.17, 15) is 31.5 Å². The zero-order chi connectivity index (χ0) is 18.2. The van der Waals surface area contributed by atoms with E-state index < -0.39 is 51.1 Å². The highest BCUT2D eigenvalue weighted by Gasteiger charge is 2.31. The highest BCUT2D eigenvalue weighted by Crippen LogP contribution is 2.32. The molecule has 1 aromatic carbocycles. The Morgan fingerprint density at radius 2 is 1.83 bits per heavy atom. The number of carbonyl (C=O) groups is 1. The predicted octanol–water partition coefficient (Wildman–Crippen LogP) is 4.25. The molecule has 0 amide bonds. The van der Waals surface area contributed by atoms with E-state index >= 15 is 0 Å². The molecule has 0 saturated carbocycles. The Balaban J connectivity index is 2.87. The molecular formula is C14H7BrF5NO3. The molecular weight excluding hydrogens is 405 g/mol. The van der Waals surface area contributed by atoms with Crippen molar-refractivity contribution in [3.8, 4) is 5.69 Å². The predicted molar refractivity (Wildman–Crippen MR) is 76.7 cm³/mol. The maximum Gasteiger partial charge on any atom is 0.416 e. The molecule has 128 valence electrons. The fraction of sp³-hybridized carbons (Fsp3) is 0.143. The molecule has 2 rings (SSSR count). The molecule has 1 N–H and O–H groups in total. The van der Waals surface area contributed by atoms with Crippen molar-refractivity contribution < 1.29 is 31.9 Å². The van der Waals surface area contributed by atoms with Crippen molar-refractivity contribution in [1.29, 1.82) is 0 Å². The van der Waals surface area contributed by atoms with Gasteiger partial charge < -0.3 is 5.11 Å². The van der Waals surface area contributed by atoms with Gasteiger partial charge in [-0.1, -0.05) is 6.07 Å². The highest BCUT2D eigenvalue weighted by molar-refractivity contribution is 9.10. The fourth-order valence-corrected chi connectivity index (χ4v) is 2.61. The number of halogens is 6. The minimum atomic E-state index is -4.76. The van der Waals surface area contributed by atoms with Crippen molar-refractivity contribution in [2.75, 3.05) is 0 Å². The Hall–Kier alpha value is -2.23. The lowest BCUT2D eigenvalue weighted by Gasteiger charge is -2.16. The van der Waals surface area contributed by atoms with Gasteiger partial charge in [0.05, 0.1) is 5.56 Å². The Bertz CT molecular complexity index is 860. The van der Waals surface area contributed by atoms with Crippen LogP contribution in [0.3, 0.4) is 0 Å². The number of aromatic carboxylic acids is 1. The molecule has 1 heterocycles. The van der Waals surface area contributed by atoms with Crippen LogP contribution >= 0.6 is 15.9 Å². The molecule has 10 heteroatoms. The summed E-state index contributed by atoms with van der Waals surface area (Å²) in [5.41, 5.74) is -4.84. The van der Waals surface area contributed by atoms with Crippen molar-refractivity contribution >= 4 is 21.9 Å². The van der Waals surface area contributed by atoms with Crippen LogP contribution in [-0.4, -0.2) is 15.6 Å². The quantitative estimate of drug-likeness (QED) is 0.767. The maximum absolute atomic E-state index is 13.3. The van der Waals surface area contributed by atoms with Crippen molar-refractivity contribution in [2.45, 2.75) is 12.6 Å². The number of aromatic nitrogens is 1. The number of hydrogen-bond donors (Lipinski definition) is 1. The van der Waals surface area contributed by atoms with E-state index in [1.165, 1.54) is 0 Å². The van der Waals surface area contributed by atoms with E-state index in [2.05, 4.69) is 15.9 Å². The van der Waals surface area contributed by atoms with Crippen LogP contribution in [0.2, 0.25) is 0 Å². The average molecular weight is 412 g/mol. The van der Waals surface area contributed by atoms with Crippen LogP contribution in [0.25, 0.3) is 5.69 Å². The molecule has 0 unspecified atom stereocenters. The van der Waals surface area contributed by atoms with Crippen LogP contribution in [-0.2, 0) is 6.18 Å². The van der Waals surface area contributed by atoms with Gasteiger partial charge in [-0.2, -0.15) is 13.2 Å². The SMILES string of the molecule is O=C(O)c1cc(Br)c(C(F)F)n(-c2cccc(C(F)(F)F)c2)c1=O. The van der Waals surface area contributed by atoms with Gasteiger partial charge in [0.15, 0.2) is 0 Å². The Labute approximate surface area is 139 Å². The van der Waals surface area contributed by atoms with Gasteiger partial charge in [-0.15, -0.1) is 0 Å². The summed E-state index contributed by atoms with van der Waals surface area (Å²) in [5, 5.41) is 8.97. The highest BCUT2D eigenvalue weighted by atomic mass is 79.9. The van der Waals surface area contributed by atoms with Crippen LogP contribution in [0, 0.1) is 0 Å². The van der Waals surface area contributed by atoms with Gasteiger partial charge in [-0.3, -0.25) is 9.36 Å². The van der Waals surface area contributed by atoms with Gasteiger partial charge in [-0.25, -0.2) is 13.6 Å². The summed E-state index contributed by atoms with van der Waals surface area (Å²) < 4.78 is 64.7. The number of hydrogen-bond acceptors (Lipinski definition) is 2. The van der Waals surface area contributed by atoms with Crippen LogP contribution in [0.15, 0.2) is 39.6 Å². The maximum atomic E-state index is 13.3. The largest absolute Gasteiger partial charge is 0.477 e. The third-order valence-electron chi connectivity index (χ3n) is 3.06. The summed E-state index contributed by atoms with van der Waals surface area (Å²) in [6.45, 7) is 0. The first kappa shape index (κ1) is 18.1. The van der Waals surface area contributed by atoms with E-state index in [1.54, 1.807) is 0 Å². The number of alkyl halides is 5. The van der Waals surface area contributed by atoms with Gasteiger partial charge in [0, 0.05) is 10.2 Å². The van der Waals surface area contributed by atoms with E-state index in [0.717, 1.165) is 12.1 Å². The zero-order valence-electron chi connectivity index (χ0n) is 11.4. The summed E-state index contributed by atoms with van der Waals surface area (Å²) in [7, 11) is 0. The molecule has 0 atom stereocenters. The number of pyridine rings is 1. The van der Waals surface area contributed by atoms with Crippen LogP contribution < -0.4 is 5.56 Å². The van der Waals surface area contributed by atoms with Crippen LogP contribution in [0.4, 0.5) is 22.0 Å². The lowest BCUT2D eigenvalue weighted by Crippen LogP contribution is -2.28. The minimum absolute atomic E-state index is 0.257.